The molecule has 1 fully saturated rings. The van der Waals surface area contributed by atoms with Gasteiger partial charge < -0.3 is 20.3 Å². The summed E-state index contributed by atoms with van der Waals surface area (Å²) in [4.78, 5) is 28.9. The van der Waals surface area contributed by atoms with Crippen molar-refractivity contribution in [2.75, 3.05) is 25.4 Å². The lowest BCUT2D eigenvalue weighted by molar-refractivity contribution is 0.00397. The highest BCUT2D eigenvalue weighted by atomic mass is 35.5. The SMILES string of the molecule is CC(C)(C)OC(=O)N1CCN(C(=O)c2ccc(N)cc2F)C(c2cccc(Cl)c2)C1. The molecule has 0 spiro atoms. The van der Waals surface area contributed by atoms with E-state index in [1.54, 1.807) is 48.8 Å². The minimum atomic E-state index is -0.681. The molecule has 0 aliphatic carbocycles. The molecule has 0 radical (unpaired) electrons. The third-order valence-corrected chi connectivity index (χ3v) is 4.99. The summed E-state index contributed by atoms with van der Waals surface area (Å²) in [5, 5.41) is 0.507. The third-order valence-electron chi connectivity index (χ3n) is 4.75. The van der Waals surface area contributed by atoms with E-state index >= 15 is 0 Å². The van der Waals surface area contributed by atoms with Gasteiger partial charge in [0.15, 0.2) is 0 Å². The van der Waals surface area contributed by atoms with Crippen LogP contribution in [0, 0.1) is 5.82 Å². The van der Waals surface area contributed by atoms with Crippen LogP contribution >= 0.6 is 11.6 Å². The predicted octanol–water partition coefficient (Wildman–Crippen LogP) is 4.50. The lowest BCUT2D eigenvalue weighted by Crippen LogP contribution is -2.53. The molecule has 1 saturated heterocycles. The van der Waals surface area contributed by atoms with Gasteiger partial charge in [-0.25, -0.2) is 9.18 Å². The van der Waals surface area contributed by atoms with Gasteiger partial charge in [0.2, 0.25) is 0 Å². The van der Waals surface area contributed by atoms with Crippen LogP contribution in [-0.4, -0.2) is 47.0 Å². The number of nitrogens with two attached hydrogens (primary N) is 1. The maximum absolute atomic E-state index is 14.4. The molecule has 30 heavy (non-hydrogen) atoms. The van der Waals surface area contributed by atoms with Gasteiger partial charge in [0, 0.05) is 30.3 Å². The normalized spacial score (nSPS) is 17.0. The zero-order valence-corrected chi connectivity index (χ0v) is 17.9. The van der Waals surface area contributed by atoms with Crippen molar-refractivity contribution < 1.29 is 18.7 Å². The van der Waals surface area contributed by atoms with Crippen LogP contribution in [0.1, 0.15) is 42.7 Å². The van der Waals surface area contributed by atoms with Crippen LogP contribution in [0.25, 0.3) is 0 Å². The lowest BCUT2D eigenvalue weighted by atomic mass is 10.0. The molecule has 1 heterocycles. The molecule has 2 N–H and O–H groups in total. The van der Waals surface area contributed by atoms with E-state index in [0.717, 1.165) is 11.6 Å². The van der Waals surface area contributed by atoms with Gasteiger partial charge in [-0.15, -0.1) is 0 Å². The third kappa shape index (κ3) is 5.02. The number of benzene rings is 2. The molecular formula is C22H25ClFN3O3. The summed E-state index contributed by atoms with van der Waals surface area (Å²) in [6.45, 7) is 6.08. The standard InChI is InChI=1S/C22H25ClFN3O3/c1-22(2,3)30-21(29)26-9-10-27(19(13-26)14-5-4-6-15(23)11-14)20(28)17-8-7-16(25)12-18(17)24/h4-8,11-12,19H,9-10,13,25H2,1-3H3. The average Bonchev–Trinajstić information content (AvgIpc) is 2.65. The van der Waals surface area contributed by atoms with Crippen molar-refractivity contribution in [2.24, 2.45) is 0 Å². The molecule has 0 saturated carbocycles. The number of amides is 2. The van der Waals surface area contributed by atoms with Crippen molar-refractivity contribution in [3.05, 3.63) is 64.4 Å². The van der Waals surface area contributed by atoms with Crippen molar-refractivity contribution in [2.45, 2.75) is 32.4 Å². The number of carbonyl (C=O) groups excluding carboxylic acids is 2. The van der Waals surface area contributed by atoms with Crippen LogP contribution in [0.2, 0.25) is 5.02 Å². The van der Waals surface area contributed by atoms with E-state index in [4.69, 9.17) is 22.1 Å². The highest BCUT2D eigenvalue weighted by molar-refractivity contribution is 6.30. The molecule has 160 valence electrons. The van der Waals surface area contributed by atoms with Crippen molar-refractivity contribution >= 4 is 29.3 Å². The molecule has 1 aliphatic rings. The van der Waals surface area contributed by atoms with E-state index in [0.29, 0.717) is 5.02 Å². The Hall–Kier alpha value is -2.80. The van der Waals surface area contributed by atoms with Crippen molar-refractivity contribution in [1.82, 2.24) is 9.80 Å². The van der Waals surface area contributed by atoms with Crippen LogP contribution in [-0.2, 0) is 4.74 Å². The number of piperazine rings is 1. The molecule has 6 nitrogen and oxygen atoms in total. The second kappa shape index (κ2) is 8.52. The van der Waals surface area contributed by atoms with E-state index in [1.807, 2.05) is 6.07 Å². The van der Waals surface area contributed by atoms with E-state index < -0.39 is 29.5 Å². The summed E-state index contributed by atoms with van der Waals surface area (Å²) >= 11 is 6.15. The lowest BCUT2D eigenvalue weighted by Gasteiger charge is -2.42. The Bertz CT molecular complexity index is 961. The van der Waals surface area contributed by atoms with Crippen LogP contribution in [0.3, 0.4) is 0 Å². The molecule has 8 heteroatoms. The van der Waals surface area contributed by atoms with Gasteiger partial charge >= 0.3 is 6.09 Å². The van der Waals surface area contributed by atoms with Crippen molar-refractivity contribution in [1.29, 1.82) is 0 Å². The molecular weight excluding hydrogens is 409 g/mol. The molecule has 3 rings (SSSR count). The second-order valence-electron chi connectivity index (χ2n) is 8.23. The number of carbonyl (C=O) groups is 2. The van der Waals surface area contributed by atoms with Gasteiger partial charge in [-0.05, 0) is 56.7 Å². The molecule has 0 aromatic heterocycles. The van der Waals surface area contributed by atoms with Gasteiger partial charge in [-0.2, -0.15) is 0 Å². The van der Waals surface area contributed by atoms with Crippen molar-refractivity contribution in [3.8, 4) is 0 Å². The molecule has 1 aliphatic heterocycles. The summed E-state index contributed by atoms with van der Waals surface area (Å²) in [5.41, 5.74) is 5.89. The Morgan fingerprint density at radius 3 is 2.53 bits per heavy atom. The van der Waals surface area contributed by atoms with Gasteiger partial charge in [-0.1, -0.05) is 23.7 Å². The summed E-state index contributed by atoms with van der Waals surface area (Å²) in [6.07, 6.45) is -0.458. The maximum Gasteiger partial charge on any atom is 0.410 e. The Morgan fingerprint density at radius 2 is 1.90 bits per heavy atom. The van der Waals surface area contributed by atoms with E-state index in [1.165, 1.54) is 12.1 Å². The Balaban J connectivity index is 1.92. The molecule has 2 aromatic carbocycles. The number of nitrogens with zero attached hydrogens (tertiary/aromatic N) is 2. The van der Waals surface area contributed by atoms with Crippen LogP contribution < -0.4 is 5.73 Å². The molecule has 0 bridgehead atoms. The summed E-state index contributed by atoms with van der Waals surface area (Å²) in [5.74, 6) is -1.15. The van der Waals surface area contributed by atoms with E-state index in [-0.39, 0.29) is 30.9 Å². The molecule has 2 aromatic rings. The summed E-state index contributed by atoms with van der Waals surface area (Å²) < 4.78 is 19.9. The zero-order valence-electron chi connectivity index (χ0n) is 17.2. The zero-order chi connectivity index (χ0) is 22.1. The number of halogens is 2. The Labute approximate surface area is 180 Å². The number of hydrogen-bond acceptors (Lipinski definition) is 4. The van der Waals surface area contributed by atoms with Gasteiger partial charge in [0.1, 0.15) is 11.4 Å². The van der Waals surface area contributed by atoms with Crippen LogP contribution in [0.5, 0.6) is 0 Å². The smallest absolute Gasteiger partial charge is 0.410 e. The summed E-state index contributed by atoms with van der Waals surface area (Å²) in [7, 11) is 0. The minimum absolute atomic E-state index is 0.0676. The molecule has 1 atom stereocenters. The number of anilines is 1. The van der Waals surface area contributed by atoms with Crippen LogP contribution in [0.15, 0.2) is 42.5 Å². The van der Waals surface area contributed by atoms with Gasteiger partial charge in [0.05, 0.1) is 11.6 Å². The topological polar surface area (TPSA) is 75.9 Å². The van der Waals surface area contributed by atoms with E-state index in [9.17, 15) is 14.0 Å². The first kappa shape index (κ1) is 21.9. The quantitative estimate of drug-likeness (QED) is 0.707. The van der Waals surface area contributed by atoms with Crippen LogP contribution in [0.4, 0.5) is 14.9 Å². The highest BCUT2D eigenvalue weighted by Gasteiger charge is 2.36. The first-order chi connectivity index (χ1) is 14.0. The number of hydrogen-bond donors (Lipinski definition) is 1. The molecule has 2 amide bonds. The number of nitrogen functional groups attached to an aromatic ring is 1. The first-order valence-electron chi connectivity index (χ1n) is 9.64. The highest BCUT2D eigenvalue weighted by Crippen LogP contribution is 2.30. The van der Waals surface area contributed by atoms with Gasteiger partial charge in [0.25, 0.3) is 5.91 Å². The molecule has 1 unspecified atom stereocenters. The fourth-order valence-electron chi connectivity index (χ4n) is 3.38. The second-order valence-corrected chi connectivity index (χ2v) is 8.67. The fraction of sp³-hybridized carbons (Fsp3) is 0.364. The van der Waals surface area contributed by atoms with Crippen molar-refractivity contribution in [3.63, 3.8) is 0 Å². The summed E-state index contributed by atoms with van der Waals surface area (Å²) in [6, 6.07) is 10.6. The number of rotatable bonds is 2. The average molecular weight is 434 g/mol. The van der Waals surface area contributed by atoms with E-state index in [2.05, 4.69) is 0 Å². The predicted molar refractivity (Wildman–Crippen MR) is 114 cm³/mol. The van der Waals surface area contributed by atoms with Gasteiger partial charge in [-0.3, -0.25) is 4.79 Å². The Kier molecular flexibility index (Phi) is 6.22. The first-order valence-corrected chi connectivity index (χ1v) is 10.0. The maximum atomic E-state index is 14.4. The largest absolute Gasteiger partial charge is 0.444 e. The number of ether oxygens (including phenoxy) is 1. The fourth-order valence-corrected chi connectivity index (χ4v) is 3.58. The Morgan fingerprint density at radius 1 is 1.17 bits per heavy atom. The monoisotopic (exact) mass is 433 g/mol. The minimum Gasteiger partial charge on any atom is -0.444 e.